The Labute approximate surface area is 198 Å². The van der Waals surface area contributed by atoms with Gasteiger partial charge in [-0.3, -0.25) is 4.90 Å². The number of benzene rings is 3. The summed E-state index contributed by atoms with van der Waals surface area (Å²) in [4.78, 5) is 7.08. The lowest BCUT2D eigenvalue weighted by Gasteiger charge is -2.36. The second-order valence-electron chi connectivity index (χ2n) is 8.72. The summed E-state index contributed by atoms with van der Waals surface area (Å²) in [5.41, 5.74) is 4.39. The summed E-state index contributed by atoms with van der Waals surface area (Å²) in [6, 6.07) is 23.4. The molecule has 0 radical (unpaired) electrons. The second kappa shape index (κ2) is 10.0. The quantitative estimate of drug-likeness (QED) is 0.360. The van der Waals surface area contributed by atoms with Crippen molar-refractivity contribution in [3.8, 4) is 11.3 Å². The first-order valence-corrected chi connectivity index (χ1v) is 12.4. The average Bonchev–Trinajstić information content (AvgIpc) is 3.32. The van der Waals surface area contributed by atoms with Gasteiger partial charge in [0.1, 0.15) is 0 Å². The lowest BCUT2D eigenvalue weighted by molar-refractivity contribution is 0.0177. The molecule has 3 N–H and O–H groups in total. The number of fused-ring (bicyclic) bond motifs is 1. The van der Waals surface area contributed by atoms with Gasteiger partial charge in [0.15, 0.2) is 5.13 Å². The molecule has 2 atom stereocenters. The van der Waals surface area contributed by atoms with Gasteiger partial charge in [-0.15, -0.1) is 11.3 Å². The van der Waals surface area contributed by atoms with E-state index in [4.69, 9.17) is 4.98 Å². The molecule has 1 aliphatic heterocycles. The van der Waals surface area contributed by atoms with Gasteiger partial charge in [0.25, 0.3) is 0 Å². The van der Waals surface area contributed by atoms with Gasteiger partial charge in [0, 0.05) is 35.8 Å². The minimum absolute atomic E-state index is 0.0661. The van der Waals surface area contributed by atoms with Gasteiger partial charge in [-0.2, -0.15) is 0 Å². The summed E-state index contributed by atoms with van der Waals surface area (Å²) >= 11 is 1.61. The van der Waals surface area contributed by atoms with Crippen molar-refractivity contribution in [2.45, 2.75) is 31.4 Å². The first-order valence-electron chi connectivity index (χ1n) is 11.5. The van der Waals surface area contributed by atoms with Crippen molar-refractivity contribution >= 4 is 32.9 Å². The number of likely N-dealkylation sites (tertiary alicyclic amines) is 1. The lowest BCUT2D eigenvalue weighted by atomic mass is 9.99. The van der Waals surface area contributed by atoms with Crippen molar-refractivity contribution in [3.05, 3.63) is 77.7 Å². The second-order valence-corrected chi connectivity index (χ2v) is 9.58. The van der Waals surface area contributed by atoms with Crippen LogP contribution in [0.1, 0.15) is 18.4 Å². The third kappa shape index (κ3) is 5.25. The van der Waals surface area contributed by atoms with Crippen LogP contribution in [0.25, 0.3) is 22.0 Å². The number of aromatic nitrogens is 1. The molecule has 170 valence electrons. The zero-order valence-electron chi connectivity index (χ0n) is 18.5. The highest BCUT2D eigenvalue weighted by Crippen LogP contribution is 2.29. The largest absolute Gasteiger partial charge is 0.395 e. The molecule has 4 aromatic rings. The normalized spacial score (nSPS) is 19.1. The zero-order chi connectivity index (χ0) is 22.6. The van der Waals surface area contributed by atoms with Gasteiger partial charge in [-0.05, 0) is 53.8 Å². The molecule has 1 fully saturated rings. The summed E-state index contributed by atoms with van der Waals surface area (Å²) in [5, 5.41) is 28.3. The van der Waals surface area contributed by atoms with Crippen LogP contribution in [0.4, 0.5) is 10.8 Å². The van der Waals surface area contributed by atoms with E-state index < -0.39 is 0 Å². The molecule has 0 amide bonds. The van der Waals surface area contributed by atoms with Crippen LogP contribution < -0.4 is 5.32 Å². The molecule has 0 saturated carbocycles. The molecular weight excluding hydrogens is 430 g/mol. The van der Waals surface area contributed by atoms with E-state index in [2.05, 4.69) is 82.3 Å². The van der Waals surface area contributed by atoms with Gasteiger partial charge in [0.2, 0.25) is 0 Å². The molecular formula is C27H29N3O2S. The van der Waals surface area contributed by atoms with Crippen molar-refractivity contribution < 1.29 is 10.2 Å². The Balaban J connectivity index is 1.19. The minimum atomic E-state index is -0.281. The predicted molar refractivity (Wildman–Crippen MR) is 136 cm³/mol. The highest BCUT2D eigenvalue weighted by molar-refractivity contribution is 7.14. The van der Waals surface area contributed by atoms with E-state index in [-0.39, 0.29) is 18.8 Å². The summed E-state index contributed by atoms with van der Waals surface area (Å²) < 4.78 is 0. The van der Waals surface area contributed by atoms with Crippen molar-refractivity contribution in [1.82, 2.24) is 9.88 Å². The van der Waals surface area contributed by atoms with Gasteiger partial charge < -0.3 is 15.5 Å². The fourth-order valence-corrected chi connectivity index (χ4v) is 5.27. The third-order valence-corrected chi connectivity index (χ3v) is 7.22. The van der Waals surface area contributed by atoms with E-state index in [9.17, 15) is 10.2 Å². The molecule has 2 heterocycles. The molecule has 6 heteroatoms. The standard InChI is InChI=1S/C27H29N3O2S/c31-17-24-16-25(32)12-14-30(24)13-11-19-5-9-23(10-6-19)28-27-29-26(18-33-27)22-8-7-20-3-1-2-4-21(20)15-22/h1-10,15,18,24-25,31-32H,11-14,16-17H2,(H,28,29)/t24-,25+/m0/s1. The fraction of sp³-hybridized carbons (Fsp3) is 0.296. The number of nitrogens with zero attached hydrogens (tertiary/aromatic N) is 2. The Morgan fingerprint density at radius 3 is 2.67 bits per heavy atom. The van der Waals surface area contributed by atoms with Crippen molar-refractivity contribution in [2.24, 2.45) is 0 Å². The van der Waals surface area contributed by atoms with Crippen LogP contribution in [0.2, 0.25) is 0 Å². The number of nitrogens with one attached hydrogen (secondary N) is 1. The maximum absolute atomic E-state index is 9.82. The molecule has 1 aromatic heterocycles. The van der Waals surface area contributed by atoms with E-state index in [1.807, 2.05) is 0 Å². The van der Waals surface area contributed by atoms with Crippen molar-refractivity contribution in [3.63, 3.8) is 0 Å². The Kier molecular flexibility index (Phi) is 6.69. The number of anilines is 2. The minimum Gasteiger partial charge on any atom is -0.395 e. The van der Waals surface area contributed by atoms with Crippen molar-refractivity contribution in [1.29, 1.82) is 0 Å². The van der Waals surface area contributed by atoms with Gasteiger partial charge in [-0.1, -0.05) is 48.5 Å². The van der Waals surface area contributed by atoms with Crippen LogP contribution in [-0.2, 0) is 6.42 Å². The maximum atomic E-state index is 9.82. The highest BCUT2D eigenvalue weighted by Gasteiger charge is 2.26. The van der Waals surface area contributed by atoms with Crippen LogP contribution in [0.5, 0.6) is 0 Å². The SMILES string of the molecule is OC[C@@H]1C[C@H](O)CCN1CCc1ccc(Nc2nc(-c3ccc4ccccc4c3)cs2)cc1. The summed E-state index contributed by atoms with van der Waals surface area (Å²) in [5.74, 6) is 0. The first kappa shape index (κ1) is 22.0. The third-order valence-electron chi connectivity index (χ3n) is 6.46. The Morgan fingerprint density at radius 2 is 1.85 bits per heavy atom. The van der Waals surface area contributed by atoms with Gasteiger partial charge in [-0.25, -0.2) is 4.98 Å². The Hall–Kier alpha value is -2.77. The molecule has 0 aliphatic carbocycles. The maximum Gasteiger partial charge on any atom is 0.187 e. The molecule has 1 saturated heterocycles. The fourth-order valence-electron chi connectivity index (χ4n) is 4.53. The van der Waals surface area contributed by atoms with Crippen LogP contribution in [0, 0.1) is 0 Å². The number of aliphatic hydroxyl groups is 2. The zero-order valence-corrected chi connectivity index (χ0v) is 19.3. The smallest absolute Gasteiger partial charge is 0.187 e. The van der Waals surface area contributed by atoms with Crippen LogP contribution >= 0.6 is 11.3 Å². The average molecular weight is 460 g/mol. The lowest BCUT2D eigenvalue weighted by Crippen LogP contribution is -2.47. The summed E-state index contributed by atoms with van der Waals surface area (Å²) in [6.45, 7) is 1.84. The monoisotopic (exact) mass is 459 g/mol. The first-order chi connectivity index (χ1) is 16.2. The van der Waals surface area contributed by atoms with Crippen LogP contribution in [0.3, 0.4) is 0 Å². The molecule has 1 aliphatic rings. The molecule has 5 rings (SSSR count). The highest BCUT2D eigenvalue weighted by atomic mass is 32.1. The number of hydrogen-bond donors (Lipinski definition) is 3. The molecule has 0 bridgehead atoms. The number of thiazole rings is 1. The van der Waals surface area contributed by atoms with E-state index in [1.165, 1.54) is 16.3 Å². The molecule has 3 aromatic carbocycles. The van der Waals surface area contributed by atoms with E-state index in [0.717, 1.165) is 48.0 Å². The Bertz CT molecular complexity index is 1210. The number of aliphatic hydroxyl groups excluding tert-OH is 2. The number of hydrogen-bond acceptors (Lipinski definition) is 6. The molecule has 33 heavy (non-hydrogen) atoms. The summed E-state index contributed by atoms with van der Waals surface area (Å²) in [7, 11) is 0. The van der Waals surface area contributed by atoms with Gasteiger partial charge in [0.05, 0.1) is 18.4 Å². The number of rotatable bonds is 7. The Morgan fingerprint density at radius 1 is 1.03 bits per heavy atom. The van der Waals surface area contributed by atoms with Crippen LogP contribution in [-0.4, -0.2) is 51.9 Å². The van der Waals surface area contributed by atoms with Crippen molar-refractivity contribution in [2.75, 3.05) is 25.0 Å². The molecule has 0 spiro atoms. The van der Waals surface area contributed by atoms with Gasteiger partial charge >= 0.3 is 0 Å². The molecule has 0 unspecified atom stereocenters. The van der Waals surface area contributed by atoms with E-state index in [0.29, 0.717) is 6.42 Å². The van der Waals surface area contributed by atoms with Crippen LogP contribution in [0.15, 0.2) is 72.1 Å². The van der Waals surface area contributed by atoms with E-state index >= 15 is 0 Å². The topological polar surface area (TPSA) is 68.6 Å². The predicted octanol–water partition coefficient (Wildman–Crippen LogP) is 5.07. The molecule has 5 nitrogen and oxygen atoms in total. The summed E-state index contributed by atoms with van der Waals surface area (Å²) in [6.07, 6.45) is 2.09. The number of piperidine rings is 1. The van der Waals surface area contributed by atoms with E-state index in [1.54, 1.807) is 11.3 Å².